The van der Waals surface area contributed by atoms with Crippen LogP contribution in [0.15, 0.2) is 0 Å². The third-order valence-corrected chi connectivity index (χ3v) is 1.97. The van der Waals surface area contributed by atoms with Crippen LogP contribution >= 0.6 is 11.6 Å². The molecule has 4 atom stereocenters. The zero-order chi connectivity index (χ0) is 12.0. The SMILES string of the molecule is O=C(Cl)C(F)C(F)C(F)C(F)CCCF. The quantitative estimate of drug-likeness (QED) is 0.503. The summed E-state index contributed by atoms with van der Waals surface area (Å²) in [5.41, 5.74) is 0. The van der Waals surface area contributed by atoms with Gasteiger partial charge in [-0.2, -0.15) is 0 Å². The molecule has 0 bridgehead atoms. The van der Waals surface area contributed by atoms with Gasteiger partial charge in [-0.1, -0.05) is 0 Å². The maximum Gasteiger partial charge on any atom is 0.259 e. The van der Waals surface area contributed by atoms with Crippen molar-refractivity contribution in [3.63, 3.8) is 0 Å². The molecule has 1 nitrogen and oxygen atoms in total. The lowest BCUT2D eigenvalue weighted by atomic mass is 10.0. The zero-order valence-electron chi connectivity index (χ0n) is 7.61. The molecule has 0 amide bonds. The van der Waals surface area contributed by atoms with Crippen molar-refractivity contribution < 1.29 is 26.7 Å². The Labute approximate surface area is 88.6 Å². The van der Waals surface area contributed by atoms with Crippen molar-refractivity contribution in [1.82, 2.24) is 0 Å². The molecule has 15 heavy (non-hydrogen) atoms. The Kier molecular flexibility index (Phi) is 6.80. The van der Waals surface area contributed by atoms with Crippen LogP contribution < -0.4 is 0 Å². The summed E-state index contributed by atoms with van der Waals surface area (Å²) in [5, 5.41) is -1.72. The highest BCUT2D eigenvalue weighted by Gasteiger charge is 2.38. The van der Waals surface area contributed by atoms with E-state index >= 15 is 0 Å². The van der Waals surface area contributed by atoms with Crippen LogP contribution in [0.5, 0.6) is 0 Å². The fourth-order valence-electron chi connectivity index (χ4n) is 0.917. The van der Waals surface area contributed by atoms with Gasteiger partial charge in [0.15, 0.2) is 12.3 Å². The van der Waals surface area contributed by atoms with E-state index in [2.05, 4.69) is 11.6 Å². The maximum absolute atomic E-state index is 12.8. The summed E-state index contributed by atoms with van der Waals surface area (Å²) >= 11 is 4.57. The van der Waals surface area contributed by atoms with Gasteiger partial charge in [-0.3, -0.25) is 9.18 Å². The van der Waals surface area contributed by atoms with Crippen molar-refractivity contribution in [3.05, 3.63) is 0 Å². The van der Waals surface area contributed by atoms with Gasteiger partial charge in [0.2, 0.25) is 6.17 Å². The van der Waals surface area contributed by atoms with Gasteiger partial charge in [0.1, 0.15) is 6.17 Å². The molecule has 0 heterocycles. The molecule has 90 valence electrons. The van der Waals surface area contributed by atoms with Crippen molar-refractivity contribution >= 4 is 16.8 Å². The summed E-state index contributed by atoms with van der Waals surface area (Å²) in [6.07, 6.45) is -11.9. The van der Waals surface area contributed by atoms with Gasteiger partial charge in [-0.05, 0) is 24.4 Å². The molecule has 0 aliphatic heterocycles. The molecule has 0 rings (SSSR count). The smallest absolute Gasteiger partial charge is 0.259 e. The number of hydrogen-bond donors (Lipinski definition) is 0. The number of carbonyl (C=O) groups excluding carboxylic acids is 1. The van der Waals surface area contributed by atoms with Crippen LogP contribution in [0.4, 0.5) is 22.0 Å². The summed E-state index contributed by atoms with van der Waals surface area (Å²) in [4.78, 5) is 10.1. The first kappa shape index (κ1) is 14.6. The Balaban J connectivity index is 4.17. The van der Waals surface area contributed by atoms with E-state index in [4.69, 9.17) is 0 Å². The molecule has 0 aromatic rings. The second-order valence-electron chi connectivity index (χ2n) is 2.94. The lowest BCUT2D eigenvalue weighted by Crippen LogP contribution is -2.37. The molecule has 4 unspecified atom stereocenters. The van der Waals surface area contributed by atoms with Crippen molar-refractivity contribution in [2.75, 3.05) is 6.67 Å². The molecular formula is C8H10ClF5O. The molecule has 0 aromatic heterocycles. The van der Waals surface area contributed by atoms with Gasteiger partial charge in [0, 0.05) is 0 Å². The topological polar surface area (TPSA) is 17.1 Å². The first-order chi connectivity index (χ1) is 6.91. The predicted molar refractivity (Wildman–Crippen MR) is 45.7 cm³/mol. The molecule has 0 fully saturated rings. The van der Waals surface area contributed by atoms with E-state index in [-0.39, 0.29) is 6.42 Å². The Morgan fingerprint density at radius 1 is 1.13 bits per heavy atom. The Morgan fingerprint density at radius 3 is 2.07 bits per heavy atom. The average Bonchev–Trinajstić information content (AvgIpc) is 2.22. The zero-order valence-corrected chi connectivity index (χ0v) is 8.36. The maximum atomic E-state index is 12.8. The van der Waals surface area contributed by atoms with Crippen molar-refractivity contribution in [1.29, 1.82) is 0 Å². The number of alkyl halides is 5. The molecule has 7 heteroatoms. The van der Waals surface area contributed by atoms with E-state index in [1.165, 1.54) is 0 Å². The van der Waals surface area contributed by atoms with Crippen LogP contribution in [0.25, 0.3) is 0 Å². The van der Waals surface area contributed by atoms with E-state index in [0.717, 1.165) is 0 Å². The minimum atomic E-state index is -2.95. The van der Waals surface area contributed by atoms with E-state index in [1.807, 2.05) is 0 Å². The minimum absolute atomic E-state index is 0.292. The first-order valence-corrected chi connectivity index (χ1v) is 4.61. The number of rotatable bonds is 7. The molecule has 0 aromatic carbocycles. The molecule has 0 aliphatic rings. The number of hydrogen-bond acceptors (Lipinski definition) is 1. The normalized spacial score (nSPS) is 19.3. The summed E-state index contributed by atoms with van der Waals surface area (Å²) in [6.45, 7) is -0.877. The summed E-state index contributed by atoms with van der Waals surface area (Å²) < 4.78 is 62.4. The Morgan fingerprint density at radius 2 is 1.67 bits per heavy atom. The largest absolute Gasteiger partial charge is 0.278 e. The van der Waals surface area contributed by atoms with Crippen LogP contribution in [0.2, 0.25) is 0 Å². The molecule has 0 spiro atoms. The molecular weight excluding hydrogens is 243 g/mol. The first-order valence-electron chi connectivity index (χ1n) is 4.23. The second-order valence-corrected chi connectivity index (χ2v) is 3.31. The standard InChI is InChI=1S/C8H10ClF5O/c9-8(15)7(14)6(13)5(12)4(11)2-1-3-10/h4-7H,1-3H2. The van der Waals surface area contributed by atoms with Crippen molar-refractivity contribution in [2.45, 2.75) is 37.5 Å². The number of halogens is 6. The van der Waals surface area contributed by atoms with Crippen molar-refractivity contribution in [2.24, 2.45) is 0 Å². The van der Waals surface area contributed by atoms with Crippen LogP contribution in [0.1, 0.15) is 12.8 Å². The number of carbonyl (C=O) groups is 1. The third-order valence-electron chi connectivity index (χ3n) is 1.76. The van der Waals surface area contributed by atoms with Gasteiger partial charge in [-0.15, -0.1) is 0 Å². The van der Waals surface area contributed by atoms with E-state index in [0.29, 0.717) is 0 Å². The minimum Gasteiger partial charge on any atom is -0.278 e. The lowest BCUT2D eigenvalue weighted by Gasteiger charge is -2.18. The van der Waals surface area contributed by atoms with Gasteiger partial charge >= 0.3 is 0 Å². The predicted octanol–water partition coefficient (Wildman–Crippen LogP) is 2.85. The van der Waals surface area contributed by atoms with Gasteiger partial charge in [-0.25, -0.2) is 17.6 Å². The second kappa shape index (κ2) is 6.98. The monoisotopic (exact) mass is 252 g/mol. The van der Waals surface area contributed by atoms with E-state index in [1.54, 1.807) is 0 Å². The average molecular weight is 253 g/mol. The van der Waals surface area contributed by atoms with E-state index < -0.39 is 43.0 Å². The van der Waals surface area contributed by atoms with Crippen LogP contribution in [0, 0.1) is 0 Å². The van der Waals surface area contributed by atoms with Gasteiger partial charge in [0.05, 0.1) is 6.67 Å². The van der Waals surface area contributed by atoms with Crippen LogP contribution in [-0.4, -0.2) is 36.6 Å². The van der Waals surface area contributed by atoms with Crippen LogP contribution in [0.3, 0.4) is 0 Å². The summed E-state index contributed by atoms with van der Waals surface area (Å²) in [7, 11) is 0. The van der Waals surface area contributed by atoms with E-state index in [9.17, 15) is 26.7 Å². The molecule has 0 radical (unpaired) electrons. The lowest BCUT2D eigenvalue weighted by molar-refractivity contribution is -0.120. The summed E-state index contributed by atoms with van der Waals surface area (Å²) in [5.74, 6) is 0. The highest BCUT2D eigenvalue weighted by molar-refractivity contribution is 6.64. The molecule has 0 N–H and O–H groups in total. The fourth-order valence-corrected chi connectivity index (χ4v) is 1.04. The molecule has 0 saturated carbocycles. The highest BCUT2D eigenvalue weighted by atomic mass is 35.5. The van der Waals surface area contributed by atoms with Gasteiger partial charge in [0.25, 0.3) is 5.24 Å². The summed E-state index contributed by atoms with van der Waals surface area (Å²) in [6, 6.07) is 0. The van der Waals surface area contributed by atoms with Crippen LogP contribution in [-0.2, 0) is 4.79 Å². The Hall–Kier alpha value is -0.390. The molecule has 0 aliphatic carbocycles. The van der Waals surface area contributed by atoms with Crippen molar-refractivity contribution in [3.8, 4) is 0 Å². The molecule has 0 saturated heterocycles. The van der Waals surface area contributed by atoms with Gasteiger partial charge < -0.3 is 0 Å². The fraction of sp³-hybridized carbons (Fsp3) is 0.875. The Bertz CT molecular complexity index is 203. The third kappa shape index (κ3) is 4.77. The highest BCUT2D eigenvalue weighted by Crippen LogP contribution is 2.21.